The van der Waals surface area contributed by atoms with Crippen molar-refractivity contribution < 1.29 is 22.5 Å². The second-order valence-electron chi connectivity index (χ2n) is 3.98. The predicted molar refractivity (Wildman–Crippen MR) is 61.4 cm³/mol. The molecule has 1 saturated carbocycles. The third-order valence-corrected chi connectivity index (χ3v) is 5.54. The number of thiophene rings is 1. The maximum absolute atomic E-state index is 11.9. The highest BCUT2D eigenvalue weighted by atomic mass is 32.3. The van der Waals surface area contributed by atoms with E-state index in [1.807, 2.05) is 0 Å². The monoisotopic (exact) mass is 276 g/mol. The zero-order valence-corrected chi connectivity index (χ0v) is 10.6. The van der Waals surface area contributed by atoms with Gasteiger partial charge in [-0.2, -0.15) is 8.42 Å². The van der Waals surface area contributed by atoms with Gasteiger partial charge in [0.1, 0.15) is 4.21 Å². The van der Waals surface area contributed by atoms with E-state index >= 15 is 0 Å². The molecule has 2 rings (SSSR count). The summed E-state index contributed by atoms with van der Waals surface area (Å²) in [4.78, 5) is 11.2. The van der Waals surface area contributed by atoms with Gasteiger partial charge in [-0.3, -0.25) is 0 Å². The van der Waals surface area contributed by atoms with Crippen LogP contribution in [0.1, 0.15) is 25.7 Å². The molecule has 0 atom stereocenters. The Balaban J connectivity index is 2.28. The van der Waals surface area contributed by atoms with Crippen LogP contribution in [0, 0.1) is 0 Å². The van der Waals surface area contributed by atoms with E-state index in [0.717, 1.165) is 11.3 Å². The number of carbonyl (C=O) groups is 1. The van der Waals surface area contributed by atoms with Gasteiger partial charge in [-0.15, -0.1) is 11.3 Å². The van der Waals surface area contributed by atoms with E-state index < -0.39 is 21.7 Å². The minimum absolute atomic E-state index is 0.0463. The number of rotatable bonds is 4. The summed E-state index contributed by atoms with van der Waals surface area (Å²) < 4.78 is 28.8. The normalized spacial score (nSPS) is 19.3. The Bertz CT molecular complexity index is 497. The molecule has 1 aliphatic rings. The van der Waals surface area contributed by atoms with Crippen LogP contribution in [0.25, 0.3) is 0 Å². The van der Waals surface area contributed by atoms with Crippen molar-refractivity contribution in [1.82, 2.24) is 0 Å². The summed E-state index contributed by atoms with van der Waals surface area (Å²) in [5, 5.41) is 10.7. The molecular formula is C10H12O5S2. The molecule has 0 unspecified atom stereocenters. The van der Waals surface area contributed by atoms with Crippen LogP contribution in [0.15, 0.2) is 21.7 Å². The van der Waals surface area contributed by atoms with Gasteiger partial charge in [-0.1, -0.05) is 6.07 Å². The fraction of sp³-hybridized carbons (Fsp3) is 0.500. The summed E-state index contributed by atoms with van der Waals surface area (Å²) in [6, 6.07) is 2.99. The highest BCUT2D eigenvalue weighted by Gasteiger charge is 2.46. The van der Waals surface area contributed by atoms with Gasteiger partial charge < -0.3 is 5.11 Å². The topological polar surface area (TPSA) is 80.7 Å². The molecule has 1 heterocycles. The van der Waals surface area contributed by atoms with Gasteiger partial charge in [0.05, 0.1) is 0 Å². The molecule has 1 fully saturated rings. The summed E-state index contributed by atoms with van der Waals surface area (Å²) in [5.41, 5.74) is -1.57. The van der Waals surface area contributed by atoms with Gasteiger partial charge in [-0.25, -0.2) is 8.98 Å². The second kappa shape index (κ2) is 4.40. The standard InChI is InChI=1S/C10H12O5S2/c11-9(12)10(5-1-2-6-10)15-17(13,14)8-4-3-7-16-8/h3-4,7H,1-2,5-6H2,(H,11,12). The lowest BCUT2D eigenvalue weighted by Crippen LogP contribution is -2.40. The second-order valence-corrected chi connectivity index (χ2v) is 6.70. The molecule has 0 spiro atoms. The van der Waals surface area contributed by atoms with E-state index in [4.69, 9.17) is 9.29 Å². The van der Waals surface area contributed by atoms with Crippen molar-refractivity contribution in [3.63, 3.8) is 0 Å². The molecule has 1 aromatic rings. The lowest BCUT2D eigenvalue weighted by Gasteiger charge is -2.22. The van der Waals surface area contributed by atoms with E-state index in [1.165, 1.54) is 6.07 Å². The van der Waals surface area contributed by atoms with Crippen molar-refractivity contribution in [2.75, 3.05) is 0 Å². The minimum Gasteiger partial charge on any atom is -0.479 e. The van der Waals surface area contributed by atoms with Crippen molar-refractivity contribution >= 4 is 27.4 Å². The van der Waals surface area contributed by atoms with Crippen LogP contribution >= 0.6 is 11.3 Å². The molecule has 0 amide bonds. The van der Waals surface area contributed by atoms with Crippen LogP contribution in [0.3, 0.4) is 0 Å². The third kappa shape index (κ3) is 2.36. The van der Waals surface area contributed by atoms with Crippen LogP contribution in [-0.2, 0) is 19.1 Å². The van der Waals surface area contributed by atoms with Crippen LogP contribution < -0.4 is 0 Å². The Hall–Kier alpha value is -0.920. The van der Waals surface area contributed by atoms with Gasteiger partial charge in [0.15, 0.2) is 5.60 Å². The first kappa shape index (κ1) is 12.5. The quantitative estimate of drug-likeness (QED) is 0.849. The van der Waals surface area contributed by atoms with Crippen molar-refractivity contribution in [3.8, 4) is 0 Å². The molecule has 94 valence electrons. The molecule has 5 nitrogen and oxygen atoms in total. The lowest BCUT2D eigenvalue weighted by molar-refractivity contribution is -0.154. The predicted octanol–water partition coefficient (Wildman–Crippen LogP) is 1.85. The molecule has 7 heteroatoms. The number of carboxylic acid groups (broad SMARTS) is 1. The number of carboxylic acids is 1. The van der Waals surface area contributed by atoms with E-state index in [-0.39, 0.29) is 17.1 Å². The maximum atomic E-state index is 11.9. The first-order valence-electron chi connectivity index (χ1n) is 5.19. The first-order chi connectivity index (χ1) is 7.96. The average Bonchev–Trinajstić information content (AvgIpc) is 2.86. The molecule has 0 bridgehead atoms. The van der Waals surface area contributed by atoms with Crippen LogP contribution in [0.2, 0.25) is 0 Å². The largest absolute Gasteiger partial charge is 0.479 e. The Morgan fingerprint density at radius 2 is 2.06 bits per heavy atom. The van der Waals surface area contributed by atoms with Crippen molar-refractivity contribution in [2.45, 2.75) is 35.5 Å². The Labute approximate surface area is 103 Å². The first-order valence-corrected chi connectivity index (χ1v) is 7.48. The lowest BCUT2D eigenvalue weighted by atomic mass is 10.0. The van der Waals surface area contributed by atoms with Crippen LogP contribution in [0.4, 0.5) is 0 Å². The van der Waals surface area contributed by atoms with E-state index in [0.29, 0.717) is 12.8 Å². The number of aliphatic carboxylic acids is 1. The molecule has 17 heavy (non-hydrogen) atoms. The van der Waals surface area contributed by atoms with Crippen molar-refractivity contribution in [1.29, 1.82) is 0 Å². The number of hydrogen-bond acceptors (Lipinski definition) is 5. The van der Waals surface area contributed by atoms with Gasteiger partial charge in [0.2, 0.25) is 0 Å². The zero-order valence-electron chi connectivity index (χ0n) is 8.96. The summed E-state index contributed by atoms with van der Waals surface area (Å²) in [5.74, 6) is -1.20. The van der Waals surface area contributed by atoms with E-state index in [9.17, 15) is 13.2 Å². The molecule has 0 aliphatic heterocycles. The van der Waals surface area contributed by atoms with Crippen molar-refractivity contribution in [3.05, 3.63) is 17.5 Å². The Kier molecular flexibility index (Phi) is 3.24. The molecule has 1 aliphatic carbocycles. The molecule has 0 aromatic carbocycles. The van der Waals surface area contributed by atoms with Crippen molar-refractivity contribution in [2.24, 2.45) is 0 Å². The van der Waals surface area contributed by atoms with E-state index in [1.54, 1.807) is 11.4 Å². The fourth-order valence-corrected chi connectivity index (χ4v) is 4.11. The Morgan fingerprint density at radius 3 is 2.53 bits per heavy atom. The molecule has 0 saturated heterocycles. The van der Waals surface area contributed by atoms with Crippen LogP contribution in [0.5, 0.6) is 0 Å². The smallest absolute Gasteiger partial charge is 0.337 e. The zero-order chi connectivity index (χ0) is 12.5. The van der Waals surface area contributed by atoms with Gasteiger partial charge in [0, 0.05) is 0 Å². The van der Waals surface area contributed by atoms with E-state index in [2.05, 4.69) is 0 Å². The van der Waals surface area contributed by atoms with Gasteiger partial charge >= 0.3 is 16.1 Å². The molecule has 1 aromatic heterocycles. The number of hydrogen-bond donors (Lipinski definition) is 1. The fourth-order valence-electron chi connectivity index (χ4n) is 1.94. The Morgan fingerprint density at radius 1 is 1.41 bits per heavy atom. The highest BCUT2D eigenvalue weighted by Crippen LogP contribution is 2.36. The minimum atomic E-state index is -3.97. The van der Waals surface area contributed by atoms with Gasteiger partial charge in [-0.05, 0) is 37.1 Å². The third-order valence-electron chi connectivity index (χ3n) is 2.81. The van der Waals surface area contributed by atoms with Gasteiger partial charge in [0.25, 0.3) is 0 Å². The summed E-state index contributed by atoms with van der Waals surface area (Å²) in [6.07, 6.45) is 1.83. The maximum Gasteiger partial charge on any atom is 0.337 e. The SMILES string of the molecule is O=C(O)C1(OS(=O)(=O)c2cccs2)CCCC1. The highest BCUT2D eigenvalue weighted by molar-refractivity contribution is 7.89. The average molecular weight is 276 g/mol. The summed E-state index contributed by atoms with van der Waals surface area (Å²) >= 11 is 1.02. The van der Waals surface area contributed by atoms with Crippen LogP contribution in [-0.4, -0.2) is 25.1 Å². The summed E-state index contributed by atoms with van der Waals surface area (Å²) in [7, 11) is -3.97. The molecule has 1 N–H and O–H groups in total. The molecular weight excluding hydrogens is 264 g/mol. The summed E-state index contributed by atoms with van der Waals surface area (Å²) in [6.45, 7) is 0. The molecule has 0 radical (unpaired) electrons.